The van der Waals surface area contributed by atoms with Gasteiger partial charge in [-0.25, -0.2) is 0 Å². The Morgan fingerprint density at radius 2 is 2.00 bits per heavy atom. The number of nitrogens with zero attached hydrogens (tertiary/aromatic N) is 2. The minimum Gasteiger partial charge on any atom is -0.390 e. The standard InChI is InChI=1S/C31H36N2O2/c1-29-10-8-24-15-23-4-5-25(33-18-26(34)19-33)16-30(23)11-12-31(24,35-30)28(29)7-6-27(29)21-3-2-20-9-13-32-17-22(20)14-21/h2-3,8-9,13-15,17,25-28,34H,4-7,10-12,16,18-19H2,1H3/t25?,27?,28-,29?,30-,31-/m1/s1. The molecule has 4 heterocycles. The highest BCUT2D eigenvalue weighted by Gasteiger charge is 2.66. The van der Waals surface area contributed by atoms with Gasteiger partial charge in [-0.05, 0) is 103 Å². The van der Waals surface area contributed by atoms with Crippen LogP contribution in [-0.4, -0.2) is 51.4 Å². The maximum Gasteiger partial charge on any atom is 0.0974 e. The van der Waals surface area contributed by atoms with E-state index in [-0.39, 0.29) is 22.7 Å². The molecule has 2 saturated heterocycles. The van der Waals surface area contributed by atoms with Gasteiger partial charge in [-0.3, -0.25) is 9.88 Å². The number of allylic oxidation sites excluding steroid dienone is 1. The summed E-state index contributed by atoms with van der Waals surface area (Å²) in [6.07, 6.45) is 18.4. The smallest absolute Gasteiger partial charge is 0.0974 e. The van der Waals surface area contributed by atoms with E-state index in [1.165, 1.54) is 54.0 Å². The van der Waals surface area contributed by atoms with Crippen LogP contribution in [0.4, 0.5) is 0 Å². The van der Waals surface area contributed by atoms with Crippen molar-refractivity contribution in [1.82, 2.24) is 9.88 Å². The van der Waals surface area contributed by atoms with Crippen LogP contribution in [-0.2, 0) is 4.74 Å². The van der Waals surface area contributed by atoms with E-state index in [4.69, 9.17) is 4.74 Å². The predicted molar refractivity (Wildman–Crippen MR) is 137 cm³/mol. The molecule has 4 heteroatoms. The molecule has 1 N–H and O–H groups in total. The Morgan fingerprint density at radius 3 is 2.89 bits per heavy atom. The fourth-order valence-corrected chi connectivity index (χ4v) is 9.35. The fourth-order valence-electron chi connectivity index (χ4n) is 9.35. The number of benzene rings is 1. The van der Waals surface area contributed by atoms with Crippen LogP contribution in [0.1, 0.15) is 69.8 Å². The van der Waals surface area contributed by atoms with E-state index >= 15 is 0 Å². The molecule has 3 aliphatic carbocycles. The summed E-state index contributed by atoms with van der Waals surface area (Å²) in [5.41, 5.74) is 4.62. The van der Waals surface area contributed by atoms with Gasteiger partial charge < -0.3 is 9.84 Å². The summed E-state index contributed by atoms with van der Waals surface area (Å²) in [6, 6.07) is 9.75. The average Bonchev–Trinajstić information content (AvgIpc) is 3.36. The Labute approximate surface area is 208 Å². The number of hydrogen-bond acceptors (Lipinski definition) is 4. The van der Waals surface area contributed by atoms with Gasteiger partial charge in [0.25, 0.3) is 0 Å². The Kier molecular flexibility index (Phi) is 4.26. The molecule has 6 aliphatic rings. The second-order valence-corrected chi connectivity index (χ2v) is 12.7. The molecule has 1 aromatic heterocycles. The van der Waals surface area contributed by atoms with Crippen molar-refractivity contribution < 1.29 is 9.84 Å². The van der Waals surface area contributed by atoms with Crippen LogP contribution in [0.3, 0.4) is 0 Å². The van der Waals surface area contributed by atoms with Gasteiger partial charge in [-0.2, -0.15) is 0 Å². The topological polar surface area (TPSA) is 45.6 Å². The Bertz CT molecular complexity index is 1280. The predicted octanol–water partition coefficient (Wildman–Crippen LogP) is 5.52. The molecule has 0 radical (unpaired) electrons. The van der Waals surface area contributed by atoms with Crippen molar-refractivity contribution in [3.63, 3.8) is 0 Å². The summed E-state index contributed by atoms with van der Waals surface area (Å²) < 4.78 is 7.45. The van der Waals surface area contributed by atoms with Gasteiger partial charge in [0.2, 0.25) is 0 Å². The minimum atomic E-state index is -0.124. The van der Waals surface area contributed by atoms with E-state index in [0.29, 0.717) is 17.9 Å². The van der Waals surface area contributed by atoms with Crippen LogP contribution in [0.15, 0.2) is 60.0 Å². The van der Waals surface area contributed by atoms with E-state index in [1.807, 2.05) is 12.4 Å². The first-order valence-electron chi connectivity index (χ1n) is 13.9. The number of likely N-dealkylation sites (tertiary alicyclic amines) is 1. The van der Waals surface area contributed by atoms with Crippen molar-refractivity contribution in [3.8, 4) is 0 Å². The first-order valence-corrected chi connectivity index (χ1v) is 13.9. The highest BCUT2D eigenvalue weighted by molar-refractivity contribution is 5.82. The van der Waals surface area contributed by atoms with Gasteiger partial charge >= 0.3 is 0 Å². The van der Waals surface area contributed by atoms with Crippen molar-refractivity contribution in [1.29, 1.82) is 0 Å². The molecule has 8 rings (SSSR count). The van der Waals surface area contributed by atoms with Crippen LogP contribution in [0, 0.1) is 11.3 Å². The van der Waals surface area contributed by atoms with Crippen molar-refractivity contribution in [2.45, 2.75) is 87.6 Å². The second kappa shape index (κ2) is 7.06. The Balaban J connectivity index is 1.14. The monoisotopic (exact) mass is 468 g/mol. The zero-order valence-electron chi connectivity index (χ0n) is 20.7. The van der Waals surface area contributed by atoms with Crippen LogP contribution in [0.2, 0.25) is 0 Å². The molecule has 6 atom stereocenters. The van der Waals surface area contributed by atoms with Gasteiger partial charge in [0.1, 0.15) is 0 Å². The first kappa shape index (κ1) is 21.1. The largest absolute Gasteiger partial charge is 0.390 e. The zero-order chi connectivity index (χ0) is 23.4. The molecule has 182 valence electrons. The lowest BCUT2D eigenvalue weighted by atomic mass is 9.58. The third-order valence-electron chi connectivity index (χ3n) is 11.1. The summed E-state index contributed by atoms with van der Waals surface area (Å²) in [6.45, 7) is 4.25. The highest BCUT2D eigenvalue weighted by Crippen LogP contribution is 2.69. The maximum absolute atomic E-state index is 9.88. The highest BCUT2D eigenvalue weighted by atomic mass is 16.5. The Morgan fingerprint density at radius 1 is 1.09 bits per heavy atom. The summed E-state index contributed by atoms with van der Waals surface area (Å²) >= 11 is 0. The third kappa shape index (κ3) is 2.77. The van der Waals surface area contributed by atoms with Crippen molar-refractivity contribution in [3.05, 3.63) is 65.5 Å². The maximum atomic E-state index is 9.88. The number of aromatic nitrogens is 1. The summed E-state index contributed by atoms with van der Waals surface area (Å²) in [5.74, 6) is 1.14. The quantitative estimate of drug-likeness (QED) is 0.630. The van der Waals surface area contributed by atoms with Crippen molar-refractivity contribution in [2.75, 3.05) is 13.1 Å². The Hall–Kier alpha value is -2.01. The summed E-state index contributed by atoms with van der Waals surface area (Å²) in [7, 11) is 0. The number of aliphatic hydroxyl groups is 1. The second-order valence-electron chi connectivity index (χ2n) is 12.7. The number of hydrogen-bond donors (Lipinski definition) is 1. The number of pyridine rings is 1. The van der Waals surface area contributed by atoms with Crippen LogP contribution in [0.5, 0.6) is 0 Å². The molecule has 4 nitrogen and oxygen atoms in total. The molecule has 2 saturated carbocycles. The first-order chi connectivity index (χ1) is 17.0. The van der Waals surface area contributed by atoms with Crippen LogP contribution >= 0.6 is 0 Å². The fraction of sp³-hybridized carbons (Fsp3) is 0.581. The molecule has 3 unspecified atom stereocenters. The van der Waals surface area contributed by atoms with Gasteiger partial charge in [0, 0.05) is 36.9 Å². The van der Waals surface area contributed by atoms with E-state index in [9.17, 15) is 5.11 Å². The number of ether oxygens (including phenoxy) is 1. The lowest BCUT2D eigenvalue weighted by Crippen LogP contribution is -2.60. The number of fused-ring (bicyclic) bond motifs is 2. The zero-order valence-corrected chi connectivity index (χ0v) is 20.7. The van der Waals surface area contributed by atoms with Crippen molar-refractivity contribution >= 4 is 10.8 Å². The lowest BCUT2D eigenvalue weighted by molar-refractivity contribution is -0.147. The van der Waals surface area contributed by atoms with Gasteiger partial charge in [0.15, 0.2) is 0 Å². The molecule has 3 aliphatic heterocycles. The summed E-state index contributed by atoms with van der Waals surface area (Å²) in [5, 5.41) is 12.4. The summed E-state index contributed by atoms with van der Waals surface area (Å²) in [4.78, 5) is 6.88. The molecule has 2 aromatic rings. The molecule has 35 heavy (non-hydrogen) atoms. The molecule has 0 amide bonds. The van der Waals surface area contributed by atoms with Crippen molar-refractivity contribution in [2.24, 2.45) is 11.3 Å². The minimum absolute atomic E-state index is 0.0637. The van der Waals surface area contributed by atoms with E-state index in [2.05, 4.69) is 53.2 Å². The third-order valence-corrected chi connectivity index (χ3v) is 11.1. The van der Waals surface area contributed by atoms with E-state index < -0.39 is 0 Å². The van der Waals surface area contributed by atoms with E-state index in [1.54, 1.807) is 5.57 Å². The lowest BCUT2D eigenvalue weighted by Gasteiger charge is -2.55. The van der Waals surface area contributed by atoms with Gasteiger partial charge in [-0.1, -0.05) is 31.2 Å². The van der Waals surface area contributed by atoms with Gasteiger partial charge in [0.05, 0.1) is 17.3 Å². The SMILES string of the molecule is CC12CC=C3C=C4CCC(N5CC(O)C5)C[C@]45CC[C@]3(O5)[C@@H]1CCC2c1ccc2ccncc2c1. The van der Waals surface area contributed by atoms with Crippen LogP contribution in [0.25, 0.3) is 10.8 Å². The van der Waals surface area contributed by atoms with E-state index in [0.717, 1.165) is 32.4 Å². The number of rotatable bonds is 2. The molecule has 2 bridgehead atoms. The molecule has 1 aromatic carbocycles. The molecule has 2 spiro atoms. The molecular formula is C31H36N2O2. The average molecular weight is 469 g/mol. The van der Waals surface area contributed by atoms with Gasteiger partial charge in [-0.15, -0.1) is 0 Å². The van der Waals surface area contributed by atoms with Crippen LogP contribution < -0.4 is 0 Å². The number of β-amino-alcohol motifs (C(OH)–C–C–N with tert-alkyl or cyclic N) is 1. The molecule has 4 fully saturated rings. The number of aliphatic hydroxyl groups excluding tert-OH is 1. The molecular weight excluding hydrogens is 432 g/mol. The normalized spacial score (nSPS) is 42.6.